The molecule has 4 nitrogen and oxygen atoms in total. The zero-order valence-corrected chi connectivity index (χ0v) is 9.75. The van der Waals surface area contributed by atoms with Crippen molar-refractivity contribution in [2.24, 2.45) is 0 Å². The van der Waals surface area contributed by atoms with Gasteiger partial charge in [0.1, 0.15) is 0 Å². The van der Waals surface area contributed by atoms with E-state index in [0.717, 1.165) is 12.0 Å². The molecule has 16 heavy (non-hydrogen) atoms. The number of aryl methyl sites for hydroxylation is 1. The van der Waals surface area contributed by atoms with Gasteiger partial charge in [-0.3, -0.25) is 4.79 Å². The highest BCUT2D eigenvalue weighted by atomic mass is 16.5. The van der Waals surface area contributed by atoms with Gasteiger partial charge in [-0.1, -0.05) is 0 Å². The molecular formula is C12H18N2O2. The van der Waals surface area contributed by atoms with E-state index in [2.05, 4.69) is 5.32 Å². The number of carbonyl (C=O) groups is 1. The smallest absolute Gasteiger partial charge is 0.251 e. The van der Waals surface area contributed by atoms with Crippen LogP contribution in [0.2, 0.25) is 0 Å². The monoisotopic (exact) mass is 222 g/mol. The van der Waals surface area contributed by atoms with Crippen molar-refractivity contribution in [3.8, 4) is 0 Å². The van der Waals surface area contributed by atoms with Crippen molar-refractivity contribution < 1.29 is 9.53 Å². The zero-order chi connectivity index (χ0) is 12.0. The third-order valence-electron chi connectivity index (χ3n) is 2.31. The van der Waals surface area contributed by atoms with Crippen LogP contribution in [0, 0.1) is 6.92 Å². The van der Waals surface area contributed by atoms with Gasteiger partial charge in [0.05, 0.1) is 0 Å². The average Bonchev–Trinajstić information content (AvgIpc) is 2.24. The minimum absolute atomic E-state index is 0.0615. The predicted octanol–water partition coefficient (Wildman–Crippen LogP) is 1.34. The van der Waals surface area contributed by atoms with Crippen molar-refractivity contribution in [1.29, 1.82) is 0 Å². The molecule has 0 aliphatic carbocycles. The van der Waals surface area contributed by atoms with Crippen LogP contribution in [0.15, 0.2) is 18.2 Å². The van der Waals surface area contributed by atoms with Crippen molar-refractivity contribution in [2.45, 2.75) is 13.3 Å². The lowest BCUT2D eigenvalue weighted by atomic mass is 10.1. The predicted molar refractivity (Wildman–Crippen MR) is 64.4 cm³/mol. The van der Waals surface area contributed by atoms with Gasteiger partial charge in [0.15, 0.2) is 0 Å². The van der Waals surface area contributed by atoms with Crippen LogP contribution in [-0.4, -0.2) is 26.2 Å². The number of anilines is 1. The Morgan fingerprint density at radius 3 is 2.88 bits per heavy atom. The molecule has 0 aliphatic heterocycles. The highest BCUT2D eigenvalue weighted by Crippen LogP contribution is 2.12. The second kappa shape index (κ2) is 6.12. The molecule has 0 fully saturated rings. The number of benzene rings is 1. The number of hydrogen-bond acceptors (Lipinski definition) is 3. The van der Waals surface area contributed by atoms with Crippen molar-refractivity contribution in [2.75, 3.05) is 26.0 Å². The van der Waals surface area contributed by atoms with Crippen LogP contribution < -0.4 is 11.1 Å². The molecule has 0 aliphatic rings. The fourth-order valence-corrected chi connectivity index (χ4v) is 1.46. The molecule has 0 saturated carbocycles. The molecule has 3 N–H and O–H groups in total. The molecule has 0 saturated heterocycles. The summed E-state index contributed by atoms with van der Waals surface area (Å²) in [5, 5.41) is 2.83. The molecule has 0 unspecified atom stereocenters. The third-order valence-corrected chi connectivity index (χ3v) is 2.31. The van der Waals surface area contributed by atoms with E-state index in [1.54, 1.807) is 25.3 Å². The third kappa shape index (κ3) is 3.55. The molecular weight excluding hydrogens is 204 g/mol. The number of nitrogens with two attached hydrogens (primary N) is 1. The Kier molecular flexibility index (Phi) is 4.79. The molecule has 0 aromatic heterocycles. The summed E-state index contributed by atoms with van der Waals surface area (Å²) in [6.45, 7) is 3.15. The standard InChI is InChI=1S/C12H18N2O2/c1-9-8-10(13)4-5-11(9)12(15)14-6-3-7-16-2/h4-5,8H,3,6-7,13H2,1-2H3,(H,14,15). The number of ether oxygens (including phenoxy) is 1. The first-order valence-electron chi connectivity index (χ1n) is 5.28. The fourth-order valence-electron chi connectivity index (χ4n) is 1.46. The topological polar surface area (TPSA) is 64.3 Å². The lowest BCUT2D eigenvalue weighted by molar-refractivity contribution is 0.0948. The summed E-state index contributed by atoms with van der Waals surface area (Å²) in [7, 11) is 1.64. The second-order valence-corrected chi connectivity index (χ2v) is 3.68. The van der Waals surface area contributed by atoms with E-state index in [9.17, 15) is 4.79 Å². The van der Waals surface area contributed by atoms with Crippen LogP contribution >= 0.6 is 0 Å². The first kappa shape index (κ1) is 12.5. The SMILES string of the molecule is COCCCNC(=O)c1ccc(N)cc1C. The first-order chi connectivity index (χ1) is 7.65. The molecule has 4 heteroatoms. The lowest BCUT2D eigenvalue weighted by Gasteiger charge is -2.07. The molecule has 1 aromatic rings. The van der Waals surface area contributed by atoms with Crippen molar-refractivity contribution in [3.05, 3.63) is 29.3 Å². The Hall–Kier alpha value is -1.55. The van der Waals surface area contributed by atoms with Crippen LogP contribution in [0.1, 0.15) is 22.3 Å². The summed E-state index contributed by atoms with van der Waals surface area (Å²) in [6.07, 6.45) is 0.816. The zero-order valence-electron chi connectivity index (χ0n) is 9.75. The largest absolute Gasteiger partial charge is 0.399 e. The van der Waals surface area contributed by atoms with Gasteiger partial charge < -0.3 is 15.8 Å². The summed E-state index contributed by atoms with van der Waals surface area (Å²) in [6, 6.07) is 5.28. The van der Waals surface area contributed by atoms with E-state index in [1.165, 1.54) is 0 Å². The van der Waals surface area contributed by atoms with Gasteiger partial charge in [-0.05, 0) is 37.1 Å². The maximum absolute atomic E-state index is 11.7. The minimum Gasteiger partial charge on any atom is -0.399 e. The maximum atomic E-state index is 11.7. The quantitative estimate of drug-likeness (QED) is 0.583. The van der Waals surface area contributed by atoms with E-state index in [0.29, 0.717) is 24.4 Å². The van der Waals surface area contributed by atoms with E-state index >= 15 is 0 Å². The number of nitrogen functional groups attached to an aromatic ring is 1. The molecule has 0 atom stereocenters. The van der Waals surface area contributed by atoms with Gasteiger partial charge in [-0.15, -0.1) is 0 Å². The number of hydrogen-bond donors (Lipinski definition) is 2. The molecule has 0 spiro atoms. The molecule has 1 rings (SSSR count). The average molecular weight is 222 g/mol. The number of rotatable bonds is 5. The molecule has 1 amide bonds. The van der Waals surface area contributed by atoms with Gasteiger partial charge >= 0.3 is 0 Å². The van der Waals surface area contributed by atoms with Crippen molar-refractivity contribution in [1.82, 2.24) is 5.32 Å². The summed E-state index contributed by atoms with van der Waals surface area (Å²) in [4.78, 5) is 11.7. The number of amides is 1. The Balaban J connectivity index is 2.53. The van der Waals surface area contributed by atoms with Crippen molar-refractivity contribution >= 4 is 11.6 Å². The first-order valence-corrected chi connectivity index (χ1v) is 5.28. The maximum Gasteiger partial charge on any atom is 0.251 e. The Labute approximate surface area is 95.8 Å². The van der Waals surface area contributed by atoms with Crippen LogP contribution in [-0.2, 0) is 4.74 Å². The van der Waals surface area contributed by atoms with Gasteiger partial charge in [0.25, 0.3) is 5.91 Å². The number of methoxy groups -OCH3 is 1. The summed E-state index contributed by atoms with van der Waals surface area (Å²) in [5.41, 5.74) is 7.86. The van der Waals surface area contributed by atoms with Crippen molar-refractivity contribution in [3.63, 3.8) is 0 Å². The fraction of sp³-hybridized carbons (Fsp3) is 0.417. The van der Waals surface area contributed by atoms with Gasteiger partial charge in [0, 0.05) is 31.5 Å². The van der Waals surface area contributed by atoms with E-state index in [4.69, 9.17) is 10.5 Å². The van der Waals surface area contributed by atoms with Crippen LogP contribution in [0.4, 0.5) is 5.69 Å². The lowest BCUT2D eigenvalue weighted by Crippen LogP contribution is -2.25. The van der Waals surface area contributed by atoms with E-state index in [1.807, 2.05) is 6.92 Å². The second-order valence-electron chi connectivity index (χ2n) is 3.68. The van der Waals surface area contributed by atoms with Crippen LogP contribution in [0.25, 0.3) is 0 Å². The molecule has 0 bridgehead atoms. The van der Waals surface area contributed by atoms with Gasteiger partial charge in [-0.25, -0.2) is 0 Å². The van der Waals surface area contributed by atoms with Crippen LogP contribution in [0.3, 0.4) is 0 Å². The molecule has 1 aromatic carbocycles. The van der Waals surface area contributed by atoms with Gasteiger partial charge in [-0.2, -0.15) is 0 Å². The normalized spacial score (nSPS) is 10.1. The Bertz CT molecular complexity index is 364. The summed E-state index contributed by atoms with van der Waals surface area (Å²) >= 11 is 0. The van der Waals surface area contributed by atoms with Crippen LogP contribution in [0.5, 0.6) is 0 Å². The summed E-state index contributed by atoms with van der Waals surface area (Å²) < 4.78 is 4.90. The molecule has 88 valence electrons. The summed E-state index contributed by atoms with van der Waals surface area (Å²) in [5.74, 6) is -0.0615. The van der Waals surface area contributed by atoms with E-state index in [-0.39, 0.29) is 5.91 Å². The minimum atomic E-state index is -0.0615. The highest BCUT2D eigenvalue weighted by molar-refractivity contribution is 5.95. The molecule has 0 heterocycles. The Morgan fingerprint density at radius 2 is 2.25 bits per heavy atom. The van der Waals surface area contributed by atoms with Gasteiger partial charge in [0.2, 0.25) is 0 Å². The number of carbonyl (C=O) groups excluding carboxylic acids is 1. The molecule has 0 radical (unpaired) electrons. The Morgan fingerprint density at radius 1 is 1.50 bits per heavy atom. The number of nitrogens with one attached hydrogen (secondary N) is 1. The highest BCUT2D eigenvalue weighted by Gasteiger charge is 2.07. The van der Waals surface area contributed by atoms with E-state index < -0.39 is 0 Å².